The Morgan fingerprint density at radius 3 is 2.13 bits per heavy atom. The first-order valence-electron chi connectivity index (χ1n) is 6.02. The Morgan fingerprint density at radius 1 is 1.07 bits per heavy atom. The molecule has 90 valence electrons. The molecule has 3 nitrogen and oxygen atoms in total. The van der Waals surface area contributed by atoms with Gasteiger partial charge in [-0.05, 0) is 34.0 Å². The van der Waals surface area contributed by atoms with E-state index in [2.05, 4.69) is 30.9 Å². The van der Waals surface area contributed by atoms with Crippen molar-refractivity contribution in [1.82, 2.24) is 9.80 Å². The van der Waals surface area contributed by atoms with Crippen molar-refractivity contribution in [3.8, 4) is 0 Å². The third-order valence-electron chi connectivity index (χ3n) is 3.53. The lowest BCUT2D eigenvalue weighted by Crippen LogP contribution is -2.39. The van der Waals surface area contributed by atoms with Crippen molar-refractivity contribution in [2.45, 2.75) is 25.7 Å². The monoisotopic (exact) mass is 214 g/mol. The number of rotatable bonds is 6. The third kappa shape index (κ3) is 4.09. The first-order valence-corrected chi connectivity index (χ1v) is 6.02. The van der Waals surface area contributed by atoms with Crippen molar-refractivity contribution in [3.05, 3.63) is 0 Å². The Morgan fingerprint density at radius 2 is 1.67 bits per heavy atom. The van der Waals surface area contributed by atoms with E-state index in [0.717, 1.165) is 19.6 Å². The summed E-state index contributed by atoms with van der Waals surface area (Å²) >= 11 is 0. The Kier molecular flexibility index (Phi) is 5.03. The molecular weight excluding hydrogens is 188 g/mol. The topological polar surface area (TPSA) is 26.7 Å². The van der Waals surface area contributed by atoms with Crippen LogP contribution in [-0.4, -0.2) is 62.3 Å². The van der Waals surface area contributed by atoms with Gasteiger partial charge in [-0.15, -0.1) is 0 Å². The third-order valence-corrected chi connectivity index (χ3v) is 3.53. The number of aliphatic hydroxyl groups excluding tert-OH is 1. The van der Waals surface area contributed by atoms with Crippen LogP contribution in [0.4, 0.5) is 0 Å². The van der Waals surface area contributed by atoms with Crippen LogP contribution in [0, 0.1) is 5.41 Å². The summed E-state index contributed by atoms with van der Waals surface area (Å²) in [7, 11) is 6.37. The van der Waals surface area contributed by atoms with Crippen LogP contribution in [0.2, 0.25) is 0 Å². The summed E-state index contributed by atoms with van der Waals surface area (Å²) in [6.45, 7) is 3.60. The van der Waals surface area contributed by atoms with Gasteiger partial charge in [0.05, 0.1) is 0 Å². The maximum atomic E-state index is 9.51. The molecule has 1 N–H and O–H groups in total. The van der Waals surface area contributed by atoms with Crippen molar-refractivity contribution in [3.63, 3.8) is 0 Å². The average molecular weight is 214 g/mol. The number of likely N-dealkylation sites (N-methyl/N-ethyl adjacent to an activating group) is 2. The lowest BCUT2D eigenvalue weighted by atomic mass is 9.87. The van der Waals surface area contributed by atoms with Gasteiger partial charge in [0.2, 0.25) is 0 Å². The van der Waals surface area contributed by atoms with E-state index in [1.54, 1.807) is 0 Å². The zero-order chi connectivity index (χ0) is 11.3. The van der Waals surface area contributed by atoms with Crippen LogP contribution < -0.4 is 0 Å². The Hall–Kier alpha value is -0.120. The molecule has 0 spiro atoms. The zero-order valence-corrected chi connectivity index (χ0v) is 10.5. The van der Waals surface area contributed by atoms with Gasteiger partial charge in [0, 0.05) is 31.7 Å². The average Bonchev–Trinajstić information content (AvgIpc) is 2.64. The predicted molar refractivity (Wildman–Crippen MR) is 64.0 cm³/mol. The number of nitrogens with zero attached hydrogens (tertiary/aromatic N) is 2. The highest BCUT2D eigenvalue weighted by Crippen LogP contribution is 2.37. The molecule has 1 aliphatic carbocycles. The number of hydrogen-bond donors (Lipinski definition) is 1. The lowest BCUT2D eigenvalue weighted by Gasteiger charge is -2.32. The maximum absolute atomic E-state index is 9.51. The van der Waals surface area contributed by atoms with E-state index in [9.17, 15) is 5.11 Å². The second-order valence-corrected chi connectivity index (χ2v) is 5.41. The first kappa shape index (κ1) is 12.9. The van der Waals surface area contributed by atoms with E-state index in [1.165, 1.54) is 25.7 Å². The van der Waals surface area contributed by atoms with Gasteiger partial charge in [0.15, 0.2) is 0 Å². The predicted octanol–water partition coefficient (Wildman–Crippen LogP) is 1.03. The van der Waals surface area contributed by atoms with E-state index in [1.807, 2.05) is 0 Å². The molecule has 1 saturated carbocycles. The van der Waals surface area contributed by atoms with Gasteiger partial charge >= 0.3 is 0 Å². The van der Waals surface area contributed by atoms with E-state index >= 15 is 0 Å². The second-order valence-electron chi connectivity index (χ2n) is 5.41. The van der Waals surface area contributed by atoms with Gasteiger partial charge in [0.1, 0.15) is 0 Å². The minimum absolute atomic E-state index is 0.209. The second kappa shape index (κ2) is 5.83. The molecular formula is C12H26N2O. The van der Waals surface area contributed by atoms with Crippen molar-refractivity contribution in [1.29, 1.82) is 0 Å². The molecule has 0 bridgehead atoms. The summed E-state index contributed by atoms with van der Waals surface area (Å²) in [4.78, 5) is 4.57. The molecule has 1 aliphatic rings. The quantitative estimate of drug-likeness (QED) is 0.715. The minimum atomic E-state index is 0.209. The van der Waals surface area contributed by atoms with Gasteiger partial charge < -0.3 is 14.9 Å². The number of hydrogen-bond acceptors (Lipinski definition) is 3. The van der Waals surface area contributed by atoms with Gasteiger partial charge in [-0.2, -0.15) is 0 Å². The summed E-state index contributed by atoms with van der Waals surface area (Å²) in [5.74, 6) is 0. The standard InChI is InChI=1S/C12H26N2O/c1-13(2)8-9-14(3)10-12(11-15)6-4-5-7-12/h15H,4-11H2,1-3H3. The molecule has 3 heteroatoms. The smallest absolute Gasteiger partial charge is 0.0499 e. The Bertz CT molecular complexity index is 176. The van der Waals surface area contributed by atoms with Crippen molar-refractivity contribution >= 4 is 0 Å². The largest absolute Gasteiger partial charge is 0.396 e. The van der Waals surface area contributed by atoms with Crippen LogP contribution in [0.25, 0.3) is 0 Å². The maximum Gasteiger partial charge on any atom is 0.0499 e. The molecule has 0 amide bonds. The van der Waals surface area contributed by atoms with E-state index in [-0.39, 0.29) is 5.41 Å². The van der Waals surface area contributed by atoms with Crippen LogP contribution in [-0.2, 0) is 0 Å². The summed E-state index contributed by atoms with van der Waals surface area (Å²) in [5.41, 5.74) is 0.209. The summed E-state index contributed by atoms with van der Waals surface area (Å²) in [6, 6.07) is 0. The Balaban J connectivity index is 2.31. The van der Waals surface area contributed by atoms with E-state index < -0.39 is 0 Å². The van der Waals surface area contributed by atoms with Crippen molar-refractivity contribution in [2.75, 3.05) is 47.4 Å². The highest BCUT2D eigenvalue weighted by Gasteiger charge is 2.33. The first-order chi connectivity index (χ1) is 7.08. The molecule has 0 aromatic rings. The van der Waals surface area contributed by atoms with Crippen molar-refractivity contribution in [2.24, 2.45) is 5.41 Å². The molecule has 0 heterocycles. The Labute approximate surface area is 94.1 Å². The molecule has 15 heavy (non-hydrogen) atoms. The fraction of sp³-hybridized carbons (Fsp3) is 1.00. The van der Waals surface area contributed by atoms with Gasteiger partial charge in [0.25, 0.3) is 0 Å². The fourth-order valence-electron chi connectivity index (χ4n) is 2.51. The van der Waals surface area contributed by atoms with E-state index in [0.29, 0.717) is 6.61 Å². The minimum Gasteiger partial charge on any atom is -0.396 e. The van der Waals surface area contributed by atoms with Crippen LogP contribution in [0.1, 0.15) is 25.7 Å². The SMILES string of the molecule is CN(C)CCN(C)CC1(CO)CCCC1. The normalized spacial score (nSPS) is 20.4. The molecule has 0 radical (unpaired) electrons. The zero-order valence-electron chi connectivity index (χ0n) is 10.5. The number of aliphatic hydroxyl groups is 1. The van der Waals surface area contributed by atoms with Gasteiger partial charge in [-0.1, -0.05) is 12.8 Å². The summed E-state index contributed by atoms with van der Waals surface area (Å²) < 4.78 is 0. The van der Waals surface area contributed by atoms with Gasteiger partial charge in [-0.3, -0.25) is 0 Å². The van der Waals surface area contributed by atoms with Crippen LogP contribution in [0.5, 0.6) is 0 Å². The molecule has 1 fully saturated rings. The van der Waals surface area contributed by atoms with Crippen LogP contribution in [0.15, 0.2) is 0 Å². The summed E-state index contributed by atoms with van der Waals surface area (Å²) in [6.07, 6.45) is 5.00. The molecule has 0 aromatic heterocycles. The molecule has 0 aromatic carbocycles. The molecule has 0 unspecified atom stereocenters. The molecule has 0 aliphatic heterocycles. The van der Waals surface area contributed by atoms with Crippen LogP contribution >= 0.6 is 0 Å². The van der Waals surface area contributed by atoms with Crippen LogP contribution in [0.3, 0.4) is 0 Å². The highest BCUT2D eigenvalue weighted by molar-refractivity contribution is 4.86. The molecule has 0 atom stereocenters. The lowest BCUT2D eigenvalue weighted by molar-refractivity contribution is 0.0864. The summed E-state index contributed by atoms with van der Waals surface area (Å²) in [5, 5.41) is 9.51. The molecule has 0 saturated heterocycles. The molecule has 1 rings (SSSR count). The van der Waals surface area contributed by atoms with E-state index in [4.69, 9.17) is 0 Å². The van der Waals surface area contributed by atoms with Crippen molar-refractivity contribution < 1.29 is 5.11 Å². The van der Waals surface area contributed by atoms with Gasteiger partial charge in [-0.25, -0.2) is 0 Å². The fourth-order valence-corrected chi connectivity index (χ4v) is 2.51. The highest BCUT2D eigenvalue weighted by atomic mass is 16.3.